The standard InChI is InChI=1S/C14H9Cl3N2O/c15-8-5-10(17)13(19-6-8)12(18)11-4-7-2-1-3-9(16)14(7)20-11/h1-6,12H,18H2. The second-order valence-electron chi connectivity index (χ2n) is 4.31. The Morgan fingerprint density at radius 2 is 1.90 bits per heavy atom. The van der Waals surface area contributed by atoms with Gasteiger partial charge in [-0.25, -0.2) is 0 Å². The molecule has 6 heteroatoms. The van der Waals surface area contributed by atoms with Gasteiger partial charge in [-0.05, 0) is 18.2 Å². The van der Waals surface area contributed by atoms with E-state index in [1.165, 1.54) is 6.20 Å². The smallest absolute Gasteiger partial charge is 0.152 e. The molecule has 2 aromatic heterocycles. The van der Waals surface area contributed by atoms with Crippen LogP contribution in [-0.4, -0.2) is 4.98 Å². The Morgan fingerprint density at radius 1 is 1.10 bits per heavy atom. The van der Waals surface area contributed by atoms with Gasteiger partial charge in [0, 0.05) is 11.6 Å². The molecule has 0 fully saturated rings. The minimum Gasteiger partial charge on any atom is -0.457 e. The van der Waals surface area contributed by atoms with E-state index in [0.717, 1.165) is 5.39 Å². The van der Waals surface area contributed by atoms with Gasteiger partial charge in [0.25, 0.3) is 0 Å². The van der Waals surface area contributed by atoms with Crippen molar-refractivity contribution in [2.45, 2.75) is 6.04 Å². The predicted octanol–water partition coefficient (Wildman–Crippen LogP) is 4.84. The van der Waals surface area contributed by atoms with Crippen molar-refractivity contribution in [3.05, 3.63) is 63.1 Å². The van der Waals surface area contributed by atoms with Gasteiger partial charge >= 0.3 is 0 Å². The molecule has 2 heterocycles. The number of hydrogen-bond donors (Lipinski definition) is 1. The van der Waals surface area contributed by atoms with Crippen molar-refractivity contribution >= 4 is 45.8 Å². The summed E-state index contributed by atoms with van der Waals surface area (Å²) in [4.78, 5) is 4.16. The van der Waals surface area contributed by atoms with Crippen molar-refractivity contribution in [3.63, 3.8) is 0 Å². The van der Waals surface area contributed by atoms with E-state index in [9.17, 15) is 0 Å². The first-order valence-electron chi connectivity index (χ1n) is 5.81. The van der Waals surface area contributed by atoms with Gasteiger partial charge < -0.3 is 10.2 Å². The number of nitrogens with two attached hydrogens (primary N) is 1. The number of fused-ring (bicyclic) bond motifs is 1. The summed E-state index contributed by atoms with van der Waals surface area (Å²) in [7, 11) is 0. The summed E-state index contributed by atoms with van der Waals surface area (Å²) in [6.45, 7) is 0. The quantitative estimate of drug-likeness (QED) is 0.733. The second-order valence-corrected chi connectivity index (χ2v) is 5.56. The lowest BCUT2D eigenvalue weighted by Crippen LogP contribution is -2.13. The van der Waals surface area contributed by atoms with Crippen LogP contribution in [0.15, 0.2) is 40.9 Å². The summed E-state index contributed by atoms with van der Waals surface area (Å²) in [5, 5.41) is 2.28. The number of aromatic nitrogens is 1. The van der Waals surface area contributed by atoms with Gasteiger partial charge in [-0.15, -0.1) is 0 Å². The highest BCUT2D eigenvalue weighted by molar-refractivity contribution is 6.35. The third-order valence-electron chi connectivity index (χ3n) is 2.95. The highest BCUT2D eigenvalue weighted by Crippen LogP contribution is 2.32. The first-order chi connectivity index (χ1) is 9.56. The van der Waals surface area contributed by atoms with E-state index in [1.54, 1.807) is 12.1 Å². The van der Waals surface area contributed by atoms with Gasteiger partial charge in [0.2, 0.25) is 0 Å². The van der Waals surface area contributed by atoms with Crippen molar-refractivity contribution in [2.24, 2.45) is 5.73 Å². The number of hydrogen-bond acceptors (Lipinski definition) is 3. The molecule has 0 spiro atoms. The number of pyridine rings is 1. The number of rotatable bonds is 2. The summed E-state index contributed by atoms with van der Waals surface area (Å²) in [5.41, 5.74) is 7.26. The average molecular weight is 328 g/mol. The normalized spacial score (nSPS) is 12.8. The Kier molecular flexibility index (Phi) is 3.61. The summed E-state index contributed by atoms with van der Waals surface area (Å²) >= 11 is 18.0. The third kappa shape index (κ3) is 2.38. The molecule has 0 saturated heterocycles. The van der Waals surface area contributed by atoms with Gasteiger partial charge in [0.1, 0.15) is 11.8 Å². The number of halogens is 3. The molecule has 20 heavy (non-hydrogen) atoms. The molecule has 1 aromatic carbocycles. The van der Waals surface area contributed by atoms with Crippen LogP contribution in [0.5, 0.6) is 0 Å². The lowest BCUT2D eigenvalue weighted by Gasteiger charge is -2.09. The van der Waals surface area contributed by atoms with Crippen molar-refractivity contribution in [2.75, 3.05) is 0 Å². The van der Waals surface area contributed by atoms with Gasteiger partial charge in [0.15, 0.2) is 5.58 Å². The largest absolute Gasteiger partial charge is 0.457 e. The van der Waals surface area contributed by atoms with Crippen LogP contribution >= 0.6 is 34.8 Å². The summed E-state index contributed by atoms with van der Waals surface area (Å²) in [6.07, 6.45) is 1.50. The lowest BCUT2D eigenvalue weighted by molar-refractivity contribution is 0.521. The van der Waals surface area contributed by atoms with Crippen LogP contribution in [0.1, 0.15) is 17.5 Å². The molecule has 1 unspecified atom stereocenters. The molecule has 0 aliphatic carbocycles. The fourth-order valence-corrected chi connectivity index (χ4v) is 2.71. The highest BCUT2D eigenvalue weighted by Gasteiger charge is 2.19. The molecular weight excluding hydrogens is 319 g/mol. The molecule has 2 N–H and O–H groups in total. The van der Waals surface area contributed by atoms with E-state index in [0.29, 0.717) is 32.1 Å². The Bertz CT molecular complexity index is 785. The SMILES string of the molecule is NC(c1cc2cccc(Cl)c2o1)c1ncc(Cl)cc1Cl. The molecule has 3 nitrogen and oxygen atoms in total. The number of furan rings is 1. The van der Waals surface area contributed by atoms with Crippen molar-refractivity contribution in [1.29, 1.82) is 0 Å². The average Bonchev–Trinajstić information content (AvgIpc) is 2.83. The summed E-state index contributed by atoms with van der Waals surface area (Å²) < 4.78 is 5.71. The number of nitrogens with zero attached hydrogens (tertiary/aromatic N) is 1. The molecule has 3 aromatic rings. The molecule has 0 aliphatic rings. The van der Waals surface area contributed by atoms with Crippen molar-refractivity contribution < 1.29 is 4.42 Å². The molecule has 0 aliphatic heterocycles. The Morgan fingerprint density at radius 3 is 2.60 bits per heavy atom. The van der Waals surface area contributed by atoms with Crippen LogP contribution in [0.2, 0.25) is 15.1 Å². The van der Waals surface area contributed by atoms with E-state index >= 15 is 0 Å². The minimum atomic E-state index is -0.580. The zero-order chi connectivity index (χ0) is 14.3. The molecule has 3 rings (SSSR count). The zero-order valence-corrected chi connectivity index (χ0v) is 12.4. The predicted molar refractivity (Wildman–Crippen MR) is 81.5 cm³/mol. The van der Waals surface area contributed by atoms with Gasteiger partial charge in [-0.3, -0.25) is 4.98 Å². The van der Waals surface area contributed by atoms with Gasteiger partial charge in [-0.1, -0.05) is 46.9 Å². The summed E-state index contributed by atoms with van der Waals surface area (Å²) in [5.74, 6) is 0.546. The Balaban J connectivity index is 2.08. The monoisotopic (exact) mass is 326 g/mol. The minimum absolute atomic E-state index is 0.400. The van der Waals surface area contributed by atoms with E-state index in [1.807, 2.05) is 18.2 Å². The molecule has 1 atom stereocenters. The van der Waals surface area contributed by atoms with Crippen LogP contribution in [0.4, 0.5) is 0 Å². The van der Waals surface area contributed by atoms with Crippen LogP contribution in [0.25, 0.3) is 11.0 Å². The molecule has 0 bridgehead atoms. The van der Waals surface area contributed by atoms with Gasteiger partial charge in [-0.2, -0.15) is 0 Å². The van der Waals surface area contributed by atoms with Crippen molar-refractivity contribution in [1.82, 2.24) is 4.98 Å². The van der Waals surface area contributed by atoms with Crippen LogP contribution in [0.3, 0.4) is 0 Å². The third-order valence-corrected chi connectivity index (χ3v) is 3.76. The Labute approximate surface area is 130 Å². The topological polar surface area (TPSA) is 52.0 Å². The van der Waals surface area contributed by atoms with Gasteiger partial charge in [0.05, 0.1) is 20.8 Å². The molecule has 102 valence electrons. The lowest BCUT2D eigenvalue weighted by atomic mass is 10.1. The highest BCUT2D eigenvalue weighted by atomic mass is 35.5. The zero-order valence-electron chi connectivity index (χ0n) is 10.1. The number of para-hydroxylation sites is 1. The number of benzene rings is 1. The molecule has 0 amide bonds. The molecular formula is C14H9Cl3N2O. The van der Waals surface area contributed by atoms with E-state index in [2.05, 4.69) is 4.98 Å². The fourth-order valence-electron chi connectivity index (χ4n) is 1.99. The van der Waals surface area contributed by atoms with Crippen LogP contribution < -0.4 is 5.73 Å². The first-order valence-corrected chi connectivity index (χ1v) is 6.94. The second kappa shape index (κ2) is 5.26. The fraction of sp³-hybridized carbons (Fsp3) is 0.0714. The van der Waals surface area contributed by atoms with E-state index in [4.69, 9.17) is 45.0 Å². The Hall–Kier alpha value is -1.26. The molecule has 0 saturated carbocycles. The van der Waals surface area contributed by atoms with Crippen molar-refractivity contribution in [3.8, 4) is 0 Å². The summed E-state index contributed by atoms with van der Waals surface area (Å²) in [6, 6.07) is 8.36. The maximum Gasteiger partial charge on any atom is 0.152 e. The van der Waals surface area contributed by atoms with E-state index in [-0.39, 0.29) is 0 Å². The van der Waals surface area contributed by atoms with Crippen LogP contribution in [0, 0.1) is 0 Å². The first kappa shape index (κ1) is 13.7. The van der Waals surface area contributed by atoms with Crippen LogP contribution in [-0.2, 0) is 0 Å². The van der Waals surface area contributed by atoms with E-state index < -0.39 is 6.04 Å². The molecule has 0 radical (unpaired) electrons. The maximum atomic E-state index is 6.15. The maximum absolute atomic E-state index is 6.15.